The van der Waals surface area contributed by atoms with Gasteiger partial charge in [-0.05, 0) is 25.9 Å². The summed E-state index contributed by atoms with van der Waals surface area (Å²) >= 11 is 0. The second-order valence-electron chi connectivity index (χ2n) is 4.09. The maximum absolute atomic E-state index is 5.99. The minimum atomic E-state index is 0.0400. The Bertz CT molecular complexity index is 320. The Morgan fingerprint density at radius 3 is 2.79 bits per heavy atom. The van der Waals surface area contributed by atoms with E-state index in [4.69, 9.17) is 4.74 Å². The monoisotopic (exact) mass is 191 g/mol. The molecule has 0 radical (unpaired) electrons. The van der Waals surface area contributed by atoms with Crippen molar-refractivity contribution in [3.05, 3.63) is 18.0 Å². The first-order chi connectivity index (χ1) is 6.88. The van der Waals surface area contributed by atoms with E-state index in [9.17, 15) is 0 Å². The van der Waals surface area contributed by atoms with Gasteiger partial charge in [0.15, 0.2) is 0 Å². The summed E-state index contributed by atoms with van der Waals surface area (Å²) in [5, 5.41) is 11.1. The highest BCUT2D eigenvalue weighted by Gasteiger charge is 2.40. The van der Waals surface area contributed by atoms with Gasteiger partial charge in [-0.3, -0.25) is 0 Å². The van der Waals surface area contributed by atoms with Crippen LogP contribution in [-0.4, -0.2) is 28.9 Å². The molecule has 1 N–H and O–H groups in total. The van der Waals surface area contributed by atoms with Gasteiger partial charge in [-0.1, -0.05) is 0 Å². The standard InChI is InChI=1S/C10H13N3O/c1-3-11-4-2-10(1)5-8-6-12-13-7-9(8)14-10/h6-7,11H,1-5H2. The molecule has 2 aliphatic rings. The fourth-order valence-corrected chi connectivity index (χ4v) is 2.34. The zero-order valence-corrected chi connectivity index (χ0v) is 7.99. The summed E-state index contributed by atoms with van der Waals surface area (Å²) in [6.07, 6.45) is 6.72. The number of aromatic nitrogens is 2. The molecular formula is C10H13N3O. The highest BCUT2D eigenvalue weighted by Crippen LogP contribution is 2.38. The summed E-state index contributed by atoms with van der Waals surface area (Å²) in [7, 11) is 0. The molecule has 1 aromatic heterocycles. The van der Waals surface area contributed by atoms with Gasteiger partial charge in [0, 0.05) is 12.0 Å². The molecular weight excluding hydrogens is 178 g/mol. The first-order valence-corrected chi connectivity index (χ1v) is 5.07. The van der Waals surface area contributed by atoms with Crippen LogP contribution in [0.4, 0.5) is 0 Å². The topological polar surface area (TPSA) is 47.0 Å². The van der Waals surface area contributed by atoms with Crippen LogP contribution in [0.1, 0.15) is 18.4 Å². The molecule has 0 bridgehead atoms. The molecule has 0 amide bonds. The lowest BCUT2D eigenvalue weighted by Gasteiger charge is -2.32. The van der Waals surface area contributed by atoms with E-state index >= 15 is 0 Å². The van der Waals surface area contributed by atoms with E-state index in [0.717, 1.165) is 38.1 Å². The molecule has 0 aliphatic carbocycles. The van der Waals surface area contributed by atoms with Crippen LogP contribution in [-0.2, 0) is 6.42 Å². The molecule has 1 saturated heterocycles. The molecule has 14 heavy (non-hydrogen) atoms. The molecule has 74 valence electrons. The van der Waals surface area contributed by atoms with Crippen LogP contribution in [0.15, 0.2) is 12.4 Å². The van der Waals surface area contributed by atoms with Gasteiger partial charge in [0.25, 0.3) is 0 Å². The predicted molar refractivity (Wildman–Crippen MR) is 51.2 cm³/mol. The minimum absolute atomic E-state index is 0.0400. The first-order valence-electron chi connectivity index (χ1n) is 5.07. The summed E-state index contributed by atoms with van der Waals surface area (Å²) in [5.74, 6) is 0.932. The molecule has 4 heteroatoms. The number of rotatable bonds is 0. The molecule has 1 fully saturated rings. The van der Waals surface area contributed by atoms with Crippen molar-refractivity contribution >= 4 is 0 Å². The predicted octanol–water partition coefficient (Wildman–Crippen LogP) is 0.534. The lowest BCUT2D eigenvalue weighted by molar-refractivity contribution is 0.0597. The van der Waals surface area contributed by atoms with Gasteiger partial charge in [0.05, 0.1) is 12.4 Å². The van der Waals surface area contributed by atoms with E-state index in [0.29, 0.717) is 0 Å². The number of piperidine rings is 1. The molecule has 0 atom stereocenters. The average molecular weight is 191 g/mol. The van der Waals surface area contributed by atoms with Gasteiger partial charge in [-0.2, -0.15) is 10.2 Å². The highest BCUT2D eigenvalue weighted by molar-refractivity contribution is 5.35. The molecule has 3 rings (SSSR count). The minimum Gasteiger partial charge on any atom is -0.485 e. The normalized spacial score (nSPS) is 23.1. The van der Waals surface area contributed by atoms with Crippen LogP contribution in [0.5, 0.6) is 5.75 Å². The third-order valence-electron chi connectivity index (χ3n) is 3.13. The fourth-order valence-electron chi connectivity index (χ4n) is 2.34. The van der Waals surface area contributed by atoms with Gasteiger partial charge >= 0.3 is 0 Å². The van der Waals surface area contributed by atoms with Gasteiger partial charge in [0.1, 0.15) is 11.4 Å². The number of nitrogens with one attached hydrogen (secondary N) is 1. The highest BCUT2D eigenvalue weighted by atomic mass is 16.5. The Kier molecular flexibility index (Phi) is 1.70. The maximum atomic E-state index is 5.99. The third kappa shape index (κ3) is 1.18. The summed E-state index contributed by atoms with van der Waals surface area (Å²) < 4.78 is 5.99. The molecule has 0 saturated carbocycles. The van der Waals surface area contributed by atoms with Crippen LogP contribution in [0.25, 0.3) is 0 Å². The Balaban J connectivity index is 1.89. The van der Waals surface area contributed by atoms with Crippen molar-refractivity contribution < 1.29 is 4.74 Å². The van der Waals surface area contributed by atoms with Crippen molar-refractivity contribution in [3.8, 4) is 5.75 Å². The third-order valence-corrected chi connectivity index (χ3v) is 3.13. The zero-order valence-electron chi connectivity index (χ0n) is 7.99. The van der Waals surface area contributed by atoms with Crippen molar-refractivity contribution in [1.29, 1.82) is 0 Å². The number of hydrogen-bond donors (Lipinski definition) is 1. The molecule has 1 aromatic rings. The number of ether oxygens (including phenoxy) is 1. The van der Waals surface area contributed by atoms with Crippen LogP contribution in [0.3, 0.4) is 0 Å². The Labute approximate surface area is 82.7 Å². The van der Waals surface area contributed by atoms with E-state index in [-0.39, 0.29) is 5.60 Å². The van der Waals surface area contributed by atoms with Crippen LogP contribution >= 0.6 is 0 Å². The van der Waals surface area contributed by atoms with E-state index in [1.54, 1.807) is 6.20 Å². The van der Waals surface area contributed by atoms with Crippen LogP contribution < -0.4 is 10.1 Å². The van der Waals surface area contributed by atoms with E-state index < -0.39 is 0 Å². The Morgan fingerprint density at radius 1 is 1.21 bits per heavy atom. The Hall–Kier alpha value is -1.16. The lowest BCUT2D eigenvalue weighted by atomic mass is 9.88. The second kappa shape index (κ2) is 2.92. The maximum Gasteiger partial charge on any atom is 0.145 e. The van der Waals surface area contributed by atoms with Gasteiger partial charge < -0.3 is 10.1 Å². The van der Waals surface area contributed by atoms with Crippen molar-refractivity contribution in [2.75, 3.05) is 13.1 Å². The van der Waals surface area contributed by atoms with E-state index in [2.05, 4.69) is 15.5 Å². The van der Waals surface area contributed by atoms with Crippen molar-refractivity contribution in [1.82, 2.24) is 15.5 Å². The smallest absolute Gasteiger partial charge is 0.145 e. The zero-order chi connectivity index (χ0) is 9.43. The van der Waals surface area contributed by atoms with Crippen molar-refractivity contribution in [2.45, 2.75) is 24.9 Å². The van der Waals surface area contributed by atoms with Crippen LogP contribution in [0.2, 0.25) is 0 Å². The fraction of sp³-hybridized carbons (Fsp3) is 0.600. The lowest BCUT2D eigenvalue weighted by Crippen LogP contribution is -2.45. The summed E-state index contributed by atoms with van der Waals surface area (Å²) in [5.41, 5.74) is 1.25. The number of hydrogen-bond acceptors (Lipinski definition) is 4. The molecule has 3 heterocycles. The van der Waals surface area contributed by atoms with Crippen molar-refractivity contribution in [2.24, 2.45) is 0 Å². The second-order valence-corrected chi connectivity index (χ2v) is 4.09. The molecule has 2 aliphatic heterocycles. The number of nitrogens with zero attached hydrogens (tertiary/aromatic N) is 2. The molecule has 0 aromatic carbocycles. The number of fused-ring (bicyclic) bond motifs is 1. The summed E-state index contributed by atoms with van der Waals surface area (Å²) in [4.78, 5) is 0. The van der Waals surface area contributed by atoms with Gasteiger partial charge in [-0.15, -0.1) is 0 Å². The van der Waals surface area contributed by atoms with Crippen LogP contribution in [0, 0.1) is 0 Å². The largest absolute Gasteiger partial charge is 0.485 e. The van der Waals surface area contributed by atoms with Gasteiger partial charge in [0.2, 0.25) is 0 Å². The first kappa shape index (κ1) is 8.17. The molecule has 1 spiro atoms. The molecule has 4 nitrogen and oxygen atoms in total. The quantitative estimate of drug-likeness (QED) is 0.650. The average Bonchev–Trinajstić information content (AvgIpc) is 2.56. The Morgan fingerprint density at radius 2 is 2.00 bits per heavy atom. The summed E-state index contributed by atoms with van der Waals surface area (Å²) in [6, 6.07) is 0. The summed E-state index contributed by atoms with van der Waals surface area (Å²) in [6.45, 7) is 2.10. The SMILES string of the molecule is c1nncc2c1CC1(CCNCC1)O2. The van der Waals surface area contributed by atoms with E-state index in [1.165, 1.54) is 5.56 Å². The molecule has 0 unspecified atom stereocenters. The van der Waals surface area contributed by atoms with E-state index in [1.807, 2.05) is 6.20 Å². The van der Waals surface area contributed by atoms with Gasteiger partial charge in [-0.25, -0.2) is 0 Å². The van der Waals surface area contributed by atoms with Crippen molar-refractivity contribution in [3.63, 3.8) is 0 Å².